The summed E-state index contributed by atoms with van der Waals surface area (Å²) in [5.74, 6) is -0.0337. The largest absolute Gasteiger partial charge is 0.346 e. The number of hydrogen-bond acceptors (Lipinski definition) is 2. The summed E-state index contributed by atoms with van der Waals surface area (Å²) < 4.78 is 2.86. The van der Waals surface area contributed by atoms with Crippen molar-refractivity contribution in [2.75, 3.05) is 0 Å². The Hall–Kier alpha value is -1.07. The molecule has 0 aliphatic rings. The molecule has 2 aromatic heterocycles. The van der Waals surface area contributed by atoms with E-state index in [9.17, 15) is 4.79 Å². The van der Waals surface area contributed by atoms with Crippen molar-refractivity contribution >= 4 is 33.2 Å². The van der Waals surface area contributed by atoms with Crippen LogP contribution in [0, 0.1) is 6.92 Å². The van der Waals surface area contributed by atoms with E-state index in [4.69, 9.17) is 0 Å². The summed E-state index contributed by atoms with van der Waals surface area (Å²) in [5, 5.41) is 2.95. The van der Waals surface area contributed by atoms with Crippen LogP contribution in [0.15, 0.2) is 28.9 Å². The number of rotatable bonds is 4. The zero-order chi connectivity index (χ0) is 13.1. The Morgan fingerprint density at radius 1 is 1.50 bits per heavy atom. The average molecular weight is 327 g/mol. The molecular formula is C13H15BrN2OS. The zero-order valence-electron chi connectivity index (χ0n) is 10.4. The second-order valence-corrected chi connectivity index (χ2v) is 6.31. The number of carbonyl (C=O) groups excluding carboxylic acids is 1. The number of thiophene rings is 1. The molecule has 0 bridgehead atoms. The third kappa shape index (κ3) is 3.03. The molecule has 0 aliphatic carbocycles. The molecule has 18 heavy (non-hydrogen) atoms. The van der Waals surface area contributed by atoms with Crippen molar-refractivity contribution < 1.29 is 4.79 Å². The Balaban J connectivity index is 2.03. The van der Waals surface area contributed by atoms with E-state index in [1.807, 2.05) is 23.8 Å². The highest BCUT2D eigenvalue weighted by molar-refractivity contribution is 9.10. The number of carbonyl (C=O) groups is 1. The van der Waals surface area contributed by atoms with Gasteiger partial charge in [0, 0.05) is 27.0 Å². The molecule has 5 heteroatoms. The maximum absolute atomic E-state index is 12.1. The Bertz CT molecular complexity index is 559. The van der Waals surface area contributed by atoms with E-state index in [0.29, 0.717) is 12.2 Å². The maximum Gasteiger partial charge on any atom is 0.268 e. The average Bonchev–Trinajstić information content (AvgIpc) is 2.92. The minimum absolute atomic E-state index is 0.0337. The van der Waals surface area contributed by atoms with E-state index in [2.05, 4.69) is 40.3 Å². The molecule has 0 aromatic carbocycles. The smallest absolute Gasteiger partial charge is 0.268 e. The van der Waals surface area contributed by atoms with Crippen molar-refractivity contribution in [2.24, 2.45) is 0 Å². The van der Waals surface area contributed by atoms with Gasteiger partial charge in [0.05, 0.1) is 6.54 Å². The second kappa shape index (κ2) is 5.71. The Morgan fingerprint density at radius 2 is 2.28 bits per heavy atom. The van der Waals surface area contributed by atoms with Gasteiger partial charge < -0.3 is 9.88 Å². The number of halogens is 1. The Morgan fingerprint density at radius 3 is 2.89 bits per heavy atom. The molecule has 2 heterocycles. The van der Waals surface area contributed by atoms with Gasteiger partial charge in [-0.15, -0.1) is 11.3 Å². The molecular weight excluding hydrogens is 312 g/mol. The third-order valence-electron chi connectivity index (χ3n) is 2.66. The molecule has 0 aliphatic heterocycles. The van der Waals surface area contributed by atoms with Crippen LogP contribution in [-0.2, 0) is 13.1 Å². The fourth-order valence-electron chi connectivity index (χ4n) is 1.76. The van der Waals surface area contributed by atoms with E-state index in [1.54, 1.807) is 11.3 Å². The quantitative estimate of drug-likeness (QED) is 0.915. The van der Waals surface area contributed by atoms with Gasteiger partial charge in [-0.2, -0.15) is 0 Å². The van der Waals surface area contributed by atoms with Crippen molar-refractivity contribution in [3.63, 3.8) is 0 Å². The van der Waals surface area contributed by atoms with Crippen LogP contribution in [-0.4, -0.2) is 10.5 Å². The van der Waals surface area contributed by atoms with E-state index < -0.39 is 0 Å². The molecule has 0 fully saturated rings. The molecule has 2 aromatic rings. The summed E-state index contributed by atoms with van der Waals surface area (Å²) in [7, 11) is 0. The third-order valence-corrected chi connectivity index (χ3v) is 4.09. The normalized spacial score (nSPS) is 10.6. The number of nitrogens with one attached hydrogen (secondary N) is 1. The Kier molecular flexibility index (Phi) is 4.24. The van der Waals surface area contributed by atoms with Crippen LogP contribution in [0.25, 0.3) is 0 Å². The fraction of sp³-hybridized carbons (Fsp3) is 0.308. The Labute approximate surface area is 119 Å². The summed E-state index contributed by atoms with van der Waals surface area (Å²) in [6.07, 6.45) is 1.92. The topological polar surface area (TPSA) is 34.0 Å². The van der Waals surface area contributed by atoms with E-state index in [1.165, 1.54) is 9.75 Å². The number of nitrogens with zero attached hydrogens (tertiary/aromatic N) is 1. The summed E-state index contributed by atoms with van der Waals surface area (Å²) >= 11 is 5.10. The number of aromatic nitrogens is 1. The standard InChI is InChI=1S/C13H15BrN2OS/c1-3-16-8-10(14)6-12(16)13(17)15-7-11-5-4-9(2)18-11/h4-6,8H,3,7H2,1-2H3,(H,15,17). The maximum atomic E-state index is 12.1. The van der Waals surface area contributed by atoms with Crippen LogP contribution in [0.2, 0.25) is 0 Å². The minimum Gasteiger partial charge on any atom is -0.346 e. The van der Waals surface area contributed by atoms with Gasteiger partial charge in [0.1, 0.15) is 5.69 Å². The molecule has 1 amide bonds. The summed E-state index contributed by atoms with van der Waals surface area (Å²) in [6.45, 7) is 5.46. The molecule has 3 nitrogen and oxygen atoms in total. The molecule has 2 rings (SSSR count). The first-order valence-electron chi connectivity index (χ1n) is 5.79. The second-order valence-electron chi connectivity index (χ2n) is 4.02. The van der Waals surface area contributed by atoms with Gasteiger partial charge in [0.2, 0.25) is 0 Å². The highest BCUT2D eigenvalue weighted by Crippen LogP contribution is 2.17. The monoisotopic (exact) mass is 326 g/mol. The van der Waals surface area contributed by atoms with Crippen molar-refractivity contribution in [3.05, 3.63) is 44.3 Å². The van der Waals surface area contributed by atoms with Crippen LogP contribution in [0.3, 0.4) is 0 Å². The van der Waals surface area contributed by atoms with Crippen molar-refractivity contribution in [1.29, 1.82) is 0 Å². The summed E-state index contributed by atoms with van der Waals surface area (Å²) in [4.78, 5) is 14.5. The molecule has 0 saturated heterocycles. The predicted molar refractivity (Wildman–Crippen MR) is 78.0 cm³/mol. The molecule has 96 valence electrons. The lowest BCUT2D eigenvalue weighted by molar-refractivity contribution is 0.0942. The van der Waals surface area contributed by atoms with Gasteiger partial charge in [-0.25, -0.2) is 0 Å². The molecule has 0 radical (unpaired) electrons. The van der Waals surface area contributed by atoms with Crippen molar-refractivity contribution in [1.82, 2.24) is 9.88 Å². The van der Waals surface area contributed by atoms with Gasteiger partial charge in [0.15, 0.2) is 0 Å². The first-order chi connectivity index (χ1) is 8.60. The summed E-state index contributed by atoms with van der Waals surface area (Å²) in [5.41, 5.74) is 0.692. The van der Waals surface area contributed by atoms with Crippen molar-refractivity contribution in [2.45, 2.75) is 26.9 Å². The molecule has 0 unspecified atom stereocenters. The first kappa shape index (κ1) is 13.4. The lowest BCUT2D eigenvalue weighted by atomic mass is 10.3. The van der Waals surface area contributed by atoms with Crippen LogP contribution in [0.4, 0.5) is 0 Å². The zero-order valence-corrected chi connectivity index (χ0v) is 12.8. The lowest BCUT2D eigenvalue weighted by Crippen LogP contribution is -2.24. The highest BCUT2D eigenvalue weighted by atomic mass is 79.9. The van der Waals surface area contributed by atoms with Gasteiger partial charge >= 0.3 is 0 Å². The fourth-order valence-corrected chi connectivity index (χ4v) is 3.06. The van der Waals surface area contributed by atoms with Crippen LogP contribution >= 0.6 is 27.3 Å². The number of hydrogen-bond donors (Lipinski definition) is 1. The van der Waals surface area contributed by atoms with E-state index in [-0.39, 0.29) is 5.91 Å². The first-order valence-corrected chi connectivity index (χ1v) is 7.40. The van der Waals surface area contributed by atoms with Gasteiger partial charge in [-0.1, -0.05) is 0 Å². The van der Waals surface area contributed by atoms with Crippen LogP contribution < -0.4 is 5.32 Å². The van der Waals surface area contributed by atoms with E-state index in [0.717, 1.165) is 11.0 Å². The molecule has 0 saturated carbocycles. The number of aryl methyl sites for hydroxylation is 2. The van der Waals surface area contributed by atoms with Gasteiger partial charge in [-0.05, 0) is 48.0 Å². The molecule has 0 atom stereocenters. The molecule has 0 spiro atoms. The van der Waals surface area contributed by atoms with E-state index >= 15 is 0 Å². The number of amides is 1. The van der Waals surface area contributed by atoms with Crippen LogP contribution in [0.1, 0.15) is 27.2 Å². The molecule has 1 N–H and O–H groups in total. The SMILES string of the molecule is CCn1cc(Br)cc1C(=O)NCc1ccc(C)s1. The minimum atomic E-state index is -0.0337. The predicted octanol–water partition coefficient (Wildman–Crippen LogP) is 3.57. The summed E-state index contributed by atoms with van der Waals surface area (Å²) in [6, 6.07) is 5.96. The van der Waals surface area contributed by atoms with Crippen LogP contribution in [0.5, 0.6) is 0 Å². The highest BCUT2D eigenvalue weighted by Gasteiger charge is 2.12. The van der Waals surface area contributed by atoms with Gasteiger partial charge in [-0.3, -0.25) is 4.79 Å². The lowest BCUT2D eigenvalue weighted by Gasteiger charge is -2.06. The van der Waals surface area contributed by atoms with Crippen molar-refractivity contribution in [3.8, 4) is 0 Å². The van der Waals surface area contributed by atoms with Gasteiger partial charge in [0.25, 0.3) is 5.91 Å².